The standard InChI is InChI=1S/C19H35NO4/c1-4-7-9-11-13-16-23-18(21)17(14-12-10-8-5-2)20-19(22)24-15-6-3/h6,17H,3-5,7-16H2,1-2H3,(H,20,22). The molecule has 140 valence electrons. The molecule has 0 saturated carbocycles. The lowest BCUT2D eigenvalue weighted by Gasteiger charge is -2.17. The maximum atomic E-state index is 12.2. The van der Waals surface area contributed by atoms with E-state index in [9.17, 15) is 9.59 Å². The lowest BCUT2D eigenvalue weighted by Crippen LogP contribution is -2.42. The highest BCUT2D eigenvalue weighted by atomic mass is 16.6. The Morgan fingerprint density at radius 2 is 1.58 bits per heavy atom. The largest absolute Gasteiger partial charge is 0.464 e. The van der Waals surface area contributed by atoms with E-state index < -0.39 is 12.1 Å². The number of amides is 1. The number of hydrogen-bond acceptors (Lipinski definition) is 4. The van der Waals surface area contributed by atoms with Gasteiger partial charge in [-0.05, 0) is 12.8 Å². The molecular weight excluding hydrogens is 306 g/mol. The number of rotatable bonds is 15. The van der Waals surface area contributed by atoms with Crippen LogP contribution >= 0.6 is 0 Å². The summed E-state index contributed by atoms with van der Waals surface area (Å²) in [5.74, 6) is -0.363. The second-order valence-electron chi connectivity index (χ2n) is 6.02. The van der Waals surface area contributed by atoms with Crippen molar-refractivity contribution >= 4 is 12.1 Å². The molecule has 0 rings (SSSR count). The molecule has 0 bridgehead atoms. The molecule has 0 aliphatic rings. The number of carbonyl (C=O) groups excluding carboxylic acids is 2. The van der Waals surface area contributed by atoms with Crippen molar-refractivity contribution in [3.8, 4) is 0 Å². The van der Waals surface area contributed by atoms with Crippen LogP contribution in [0.3, 0.4) is 0 Å². The smallest absolute Gasteiger partial charge is 0.408 e. The second kappa shape index (κ2) is 16.3. The number of esters is 1. The van der Waals surface area contributed by atoms with Gasteiger partial charge >= 0.3 is 12.1 Å². The zero-order valence-corrected chi connectivity index (χ0v) is 15.5. The van der Waals surface area contributed by atoms with Gasteiger partial charge in [-0.3, -0.25) is 0 Å². The fourth-order valence-corrected chi connectivity index (χ4v) is 2.32. The lowest BCUT2D eigenvalue weighted by atomic mass is 10.1. The van der Waals surface area contributed by atoms with Gasteiger partial charge in [0, 0.05) is 0 Å². The molecule has 1 amide bonds. The molecule has 0 radical (unpaired) electrons. The third-order valence-electron chi connectivity index (χ3n) is 3.75. The van der Waals surface area contributed by atoms with Crippen molar-refractivity contribution in [1.82, 2.24) is 5.32 Å². The monoisotopic (exact) mass is 341 g/mol. The van der Waals surface area contributed by atoms with Crippen LogP contribution in [0.15, 0.2) is 12.7 Å². The highest BCUT2D eigenvalue weighted by Crippen LogP contribution is 2.08. The van der Waals surface area contributed by atoms with Gasteiger partial charge in [-0.1, -0.05) is 77.9 Å². The van der Waals surface area contributed by atoms with Gasteiger partial charge in [0.05, 0.1) is 6.61 Å². The minimum Gasteiger partial charge on any atom is -0.464 e. The molecule has 0 fully saturated rings. The number of alkyl carbamates (subject to hydrolysis) is 1. The van der Waals surface area contributed by atoms with E-state index in [2.05, 4.69) is 25.7 Å². The summed E-state index contributed by atoms with van der Waals surface area (Å²) in [7, 11) is 0. The van der Waals surface area contributed by atoms with Crippen LogP contribution in [0.1, 0.15) is 78.1 Å². The Hall–Kier alpha value is -1.52. The second-order valence-corrected chi connectivity index (χ2v) is 6.02. The quantitative estimate of drug-likeness (QED) is 0.265. The van der Waals surface area contributed by atoms with E-state index in [1.54, 1.807) is 0 Å². The van der Waals surface area contributed by atoms with Gasteiger partial charge in [0.2, 0.25) is 0 Å². The van der Waals surface area contributed by atoms with Crippen LogP contribution < -0.4 is 5.32 Å². The van der Waals surface area contributed by atoms with E-state index in [1.165, 1.54) is 25.3 Å². The third kappa shape index (κ3) is 13.0. The summed E-state index contributed by atoms with van der Waals surface area (Å²) < 4.78 is 10.2. The Bertz CT molecular complexity index is 344. The van der Waals surface area contributed by atoms with Gasteiger partial charge in [-0.2, -0.15) is 0 Å². The minimum absolute atomic E-state index is 0.126. The summed E-state index contributed by atoms with van der Waals surface area (Å²) in [6, 6.07) is -0.630. The Morgan fingerprint density at radius 1 is 0.958 bits per heavy atom. The van der Waals surface area contributed by atoms with Gasteiger partial charge in [-0.15, -0.1) is 0 Å². The molecule has 5 heteroatoms. The van der Waals surface area contributed by atoms with Crippen LogP contribution in [0.5, 0.6) is 0 Å². The van der Waals surface area contributed by atoms with E-state index in [1.807, 2.05) is 0 Å². The van der Waals surface area contributed by atoms with E-state index in [-0.39, 0.29) is 12.6 Å². The van der Waals surface area contributed by atoms with E-state index in [0.717, 1.165) is 38.5 Å². The van der Waals surface area contributed by atoms with E-state index in [0.29, 0.717) is 13.0 Å². The van der Waals surface area contributed by atoms with Crippen molar-refractivity contribution in [3.63, 3.8) is 0 Å². The van der Waals surface area contributed by atoms with Crippen molar-refractivity contribution in [2.24, 2.45) is 0 Å². The number of hydrogen-bond donors (Lipinski definition) is 1. The summed E-state index contributed by atoms with van der Waals surface area (Å²) in [5.41, 5.74) is 0. The molecule has 0 aromatic carbocycles. The van der Waals surface area contributed by atoms with Crippen LogP contribution in [0.25, 0.3) is 0 Å². The Labute approximate surface area is 147 Å². The Balaban J connectivity index is 4.19. The van der Waals surface area contributed by atoms with Crippen molar-refractivity contribution < 1.29 is 19.1 Å². The summed E-state index contributed by atoms with van der Waals surface area (Å²) in [6.07, 6.45) is 11.2. The highest BCUT2D eigenvalue weighted by Gasteiger charge is 2.22. The first kappa shape index (κ1) is 22.5. The van der Waals surface area contributed by atoms with Gasteiger partial charge in [0.25, 0.3) is 0 Å². The molecular formula is C19H35NO4. The first-order valence-corrected chi connectivity index (χ1v) is 9.36. The van der Waals surface area contributed by atoms with Crippen LogP contribution in [-0.4, -0.2) is 31.3 Å². The molecule has 1 atom stereocenters. The predicted octanol–water partition coefficient (Wildman–Crippen LogP) is 4.75. The molecule has 0 saturated heterocycles. The van der Waals surface area contributed by atoms with E-state index >= 15 is 0 Å². The highest BCUT2D eigenvalue weighted by molar-refractivity contribution is 5.81. The van der Waals surface area contributed by atoms with Crippen molar-refractivity contribution in [3.05, 3.63) is 12.7 Å². The normalized spacial score (nSPS) is 11.6. The van der Waals surface area contributed by atoms with Crippen LogP contribution in [0, 0.1) is 0 Å². The van der Waals surface area contributed by atoms with Gasteiger partial charge in [0.1, 0.15) is 12.6 Å². The maximum absolute atomic E-state index is 12.2. The van der Waals surface area contributed by atoms with Crippen molar-refractivity contribution in [1.29, 1.82) is 0 Å². The number of unbranched alkanes of at least 4 members (excludes halogenated alkanes) is 7. The van der Waals surface area contributed by atoms with Crippen LogP contribution in [0.2, 0.25) is 0 Å². The maximum Gasteiger partial charge on any atom is 0.408 e. The molecule has 0 aromatic heterocycles. The van der Waals surface area contributed by atoms with Gasteiger partial charge in [-0.25, -0.2) is 9.59 Å². The third-order valence-corrected chi connectivity index (χ3v) is 3.75. The fraction of sp³-hybridized carbons (Fsp3) is 0.789. The number of ether oxygens (including phenoxy) is 2. The summed E-state index contributed by atoms with van der Waals surface area (Å²) in [5, 5.41) is 2.61. The Morgan fingerprint density at radius 3 is 2.21 bits per heavy atom. The predicted molar refractivity (Wildman–Crippen MR) is 96.9 cm³/mol. The zero-order valence-electron chi connectivity index (χ0n) is 15.5. The first-order valence-electron chi connectivity index (χ1n) is 9.36. The van der Waals surface area contributed by atoms with Crippen LogP contribution in [0.4, 0.5) is 4.79 Å². The molecule has 0 aromatic rings. The summed E-state index contributed by atoms with van der Waals surface area (Å²) in [4.78, 5) is 23.9. The molecule has 5 nitrogen and oxygen atoms in total. The van der Waals surface area contributed by atoms with Crippen molar-refractivity contribution in [2.45, 2.75) is 84.1 Å². The lowest BCUT2D eigenvalue weighted by molar-refractivity contribution is -0.146. The molecule has 0 aliphatic heterocycles. The number of nitrogens with one attached hydrogen (secondary N) is 1. The zero-order chi connectivity index (χ0) is 18.0. The first-order chi connectivity index (χ1) is 11.7. The van der Waals surface area contributed by atoms with Crippen LogP contribution in [-0.2, 0) is 14.3 Å². The number of carbonyl (C=O) groups is 2. The summed E-state index contributed by atoms with van der Waals surface area (Å²) in [6.45, 7) is 8.33. The molecule has 24 heavy (non-hydrogen) atoms. The Kier molecular flexibility index (Phi) is 15.3. The average molecular weight is 341 g/mol. The van der Waals surface area contributed by atoms with Crippen molar-refractivity contribution in [2.75, 3.05) is 13.2 Å². The average Bonchev–Trinajstić information content (AvgIpc) is 2.58. The molecule has 0 spiro atoms. The SMILES string of the molecule is C=CCOC(=O)NC(CCCCCC)C(=O)OCCCCCCC. The van der Waals surface area contributed by atoms with E-state index in [4.69, 9.17) is 9.47 Å². The molecule has 1 unspecified atom stereocenters. The van der Waals surface area contributed by atoms with Gasteiger partial charge < -0.3 is 14.8 Å². The fourth-order valence-electron chi connectivity index (χ4n) is 2.32. The molecule has 1 N–H and O–H groups in total. The molecule has 0 heterocycles. The topological polar surface area (TPSA) is 64.6 Å². The molecule has 0 aliphatic carbocycles. The minimum atomic E-state index is -0.630. The summed E-state index contributed by atoms with van der Waals surface area (Å²) >= 11 is 0. The van der Waals surface area contributed by atoms with Gasteiger partial charge in [0.15, 0.2) is 0 Å².